The van der Waals surface area contributed by atoms with Crippen LogP contribution in [0.15, 0.2) is 29.4 Å². The molecule has 0 saturated heterocycles. The molecule has 0 fully saturated rings. The molecule has 0 aromatic heterocycles. The molecule has 0 aliphatic carbocycles. The van der Waals surface area contributed by atoms with Crippen molar-refractivity contribution in [3.05, 3.63) is 40.3 Å². The van der Waals surface area contributed by atoms with E-state index in [-0.39, 0.29) is 12.5 Å². The molecule has 2 N–H and O–H groups in total. The van der Waals surface area contributed by atoms with Gasteiger partial charge in [-0.2, -0.15) is 0 Å². The van der Waals surface area contributed by atoms with Crippen LogP contribution in [-0.4, -0.2) is 24.4 Å². The van der Waals surface area contributed by atoms with Gasteiger partial charge < -0.3 is 10.6 Å². The van der Waals surface area contributed by atoms with Crippen molar-refractivity contribution >= 4 is 29.1 Å². The largest absolute Gasteiger partial charge is 0.347 e. The Labute approximate surface area is 140 Å². The number of benzene rings is 1. The molecule has 0 spiro atoms. The number of hydrogen-bond acceptors (Lipinski definition) is 3. The smallest absolute Gasteiger partial charge is 0.243 e. The topological polar surface area (TPSA) is 107 Å². The maximum Gasteiger partial charge on any atom is 0.243 e. The standard InChI is InChI=1S/C15H20ClN5O2/c1-2-3-4-13(20-21-17)15(23)18-10-14(22)19-12-7-5-11(9-16)6-8-12/h5-8,13H,2-4,9-10H2,1H3,(H,18,23)(H,19,22). The second-order valence-electron chi connectivity index (χ2n) is 4.96. The molecular formula is C15H20ClN5O2. The molecule has 1 aromatic carbocycles. The molecule has 1 unspecified atom stereocenters. The van der Waals surface area contributed by atoms with Gasteiger partial charge in [0.05, 0.1) is 6.54 Å². The van der Waals surface area contributed by atoms with Crippen LogP contribution in [0.4, 0.5) is 5.69 Å². The average Bonchev–Trinajstić information content (AvgIpc) is 2.57. The van der Waals surface area contributed by atoms with Gasteiger partial charge in [-0.3, -0.25) is 9.59 Å². The van der Waals surface area contributed by atoms with Gasteiger partial charge in [-0.15, -0.1) is 11.6 Å². The molecule has 0 radical (unpaired) electrons. The molecule has 23 heavy (non-hydrogen) atoms. The highest BCUT2D eigenvalue weighted by Gasteiger charge is 2.16. The lowest BCUT2D eigenvalue weighted by Gasteiger charge is -2.11. The van der Waals surface area contributed by atoms with Crippen LogP contribution < -0.4 is 10.6 Å². The van der Waals surface area contributed by atoms with Gasteiger partial charge in [0.15, 0.2) is 0 Å². The van der Waals surface area contributed by atoms with Crippen molar-refractivity contribution < 1.29 is 9.59 Å². The van der Waals surface area contributed by atoms with Crippen molar-refractivity contribution in [3.63, 3.8) is 0 Å². The number of alkyl halides is 1. The van der Waals surface area contributed by atoms with Gasteiger partial charge >= 0.3 is 0 Å². The minimum Gasteiger partial charge on any atom is -0.347 e. The molecule has 0 aliphatic heterocycles. The molecule has 0 saturated carbocycles. The summed E-state index contributed by atoms with van der Waals surface area (Å²) in [5, 5.41) is 8.61. The van der Waals surface area contributed by atoms with Gasteiger partial charge in [-0.25, -0.2) is 0 Å². The van der Waals surface area contributed by atoms with Crippen LogP contribution in [0.2, 0.25) is 0 Å². The molecule has 7 nitrogen and oxygen atoms in total. The maximum atomic E-state index is 11.9. The number of hydrogen-bond donors (Lipinski definition) is 2. The third-order valence-corrected chi connectivity index (χ3v) is 3.45. The molecule has 1 atom stereocenters. The first-order valence-corrected chi connectivity index (χ1v) is 7.90. The minimum atomic E-state index is -0.782. The van der Waals surface area contributed by atoms with Gasteiger partial charge in [0.2, 0.25) is 11.8 Å². The third kappa shape index (κ3) is 7.04. The fourth-order valence-electron chi connectivity index (χ4n) is 1.87. The van der Waals surface area contributed by atoms with Crippen LogP contribution in [0.1, 0.15) is 31.7 Å². The van der Waals surface area contributed by atoms with Crippen molar-refractivity contribution in [2.24, 2.45) is 5.11 Å². The van der Waals surface area contributed by atoms with E-state index in [1.165, 1.54) is 0 Å². The Morgan fingerprint density at radius 1 is 1.35 bits per heavy atom. The highest BCUT2D eigenvalue weighted by Crippen LogP contribution is 2.11. The summed E-state index contributed by atoms with van der Waals surface area (Å²) in [6, 6.07) is 6.31. The Morgan fingerprint density at radius 2 is 2.04 bits per heavy atom. The van der Waals surface area contributed by atoms with E-state index >= 15 is 0 Å². The first kappa shape index (κ1) is 18.8. The highest BCUT2D eigenvalue weighted by atomic mass is 35.5. The Morgan fingerprint density at radius 3 is 2.61 bits per heavy atom. The van der Waals surface area contributed by atoms with Gasteiger partial charge in [0, 0.05) is 16.5 Å². The summed E-state index contributed by atoms with van der Waals surface area (Å²) < 4.78 is 0. The van der Waals surface area contributed by atoms with Crippen molar-refractivity contribution in [2.75, 3.05) is 11.9 Å². The lowest BCUT2D eigenvalue weighted by atomic mass is 10.1. The highest BCUT2D eigenvalue weighted by molar-refractivity contribution is 6.17. The minimum absolute atomic E-state index is 0.181. The van der Waals surface area contributed by atoms with E-state index in [1.54, 1.807) is 12.1 Å². The first-order chi connectivity index (χ1) is 11.1. The van der Waals surface area contributed by atoms with Gasteiger partial charge in [0.1, 0.15) is 6.04 Å². The zero-order valence-corrected chi connectivity index (χ0v) is 13.7. The van der Waals surface area contributed by atoms with Crippen molar-refractivity contribution in [1.29, 1.82) is 0 Å². The lowest BCUT2D eigenvalue weighted by Crippen LogP contribution is -2.38. The first-order valence-electron chi connectivity index (χ1n) is 7.37. The Balaban J connectivity index is 2.46. The Bertz CT molecular complexity index is 570. The SMILES string of the molecule is CCCCC(N=[N+]=[N-])C(=O)NCC(=O)Nc1ccc(CCl)cc1. The number of amides is 2. The van der Waals surface area contributed by atoms with Crippen LogP contribution in [0.5, 0.6) is 0 Å². The average molecular weight is 338 g/mol. The fraction of sp³-hybridized carbons (Fsp3) is 0.467. The Kier molecular flexibility index (Phi) is 8.57. The summed E-state index contributed by atoms with van der Waals surface area (Å²) >= 11 is 5.69. The van der Waals surface area contributed by atoms with Crippen molar-refractivity contribution in [1.82, 2.24) is 5.32 Å². The summed E-state index contributed by atoms with van der Waals surface area (Å²) in [6.45, 7) is 1.80. The molecule has 0 bridgehead atoms. The lowest BCUT2D eigenvalue weighted by molar-refractivity contribution is -0.125. The van der Waals surface area contributed by atoms with E-state index in [0.29, 0.717) is 18.0 Å². The van der Waals surface area contributed by atoms with Crippen molar-refractivity contribution in [2.45, 2.75) is 38.1 Å². The van der Waals surface area contributed by atoms with E-state index in [4.69, 9.17) is 17.1 Å². The Hall–Kier alpha value is -2.24. The van der Waals surface area contributed by atoms with Gasteiger partial charge in [0.25, 0.3) is 0 Å². The maximum absolute atomic E-state index is 11.9. The second-order valence-corrected chi connectivity index (χ2v) is 5.23. The number of anilines is 1. The summed E-state index contributed by atoms with van der Waals surface area (Å²) in [4.78, 5) is 26.4. The molecule has 2 amide bonds. The fourth-order valence-corrected chi connectivity index (χ4v) is 2.05. The third-order valence-electron chi connectivity index (χ3n) is 3.14. The predicted octanol–water partition coefficient (Wildman–Crippen LogP) is 3.35. The molecule has 8 heteroatoms. The van der Waals surface area contributed by atoms with Crippen molar-refractivity contribution in [3.8, 4) is 0 Å². The van der Waals surface area contributed by atoms with Crippen LogP contribution in [0, 0.1) is 0 Å². The van der Waals surface area contributed by atoms with Crippen LogP contribution in [0.3, 0.4) is 0 Å². The molecule has 0 aliphatic rings. The molecule has 1 aromatic rings. The zero-order chi connectivity index (χ0) is 17.1. The summed E-state index contributed by atoms with van der Waals surface area (Å²) in [5.74, 6) is -0.390. The number of azide groups is 1. The van der Waals surface area contributed by atoms with E-state index in [2.05, 4.69) is 20.7 Å². The summed E-state index contributed by atoms with van der Waals surface area (Å²) in [6.07, 6.45) is 2.13. The summed E-state index contributed by atoms with van der Waals surface area (Å²) in [5.41, 5.74) is 10.1. The number of carbonyl (C=O) groups is 2. The normalized spacial score (nSPS) is 11.2. The number of carbonyl (C=O) groups excluding carboxylic acids is 2. The van der Waals surface area contributed by atoms with E-state index in [9.17, 15) is 9.59 Å². The molecule has 124 valence electrons. The number of halogens is 1. The number of rotatable bonds is 9. The van der Waals surface area contributed by atoms with Crippen LogP contribution >= 0.6 is 11.6 Å². The van der Waals surface area contributed by atoms with E-state index in [0.717, 1.165) is 18.4 Å². The van der Waals surface area contributed by atoms with E-state index < -0.39 is 11.9 Å². The second kappa shape index (κ2) is 10.5. The molecule has 0 heterocycles. The predicted molar refractivity (Wildman–Crippen MR) is 90.1 cm³/mol. The van der Waals surface area contributed by atoms with Gasteiger partial charge in [-0.1, -0.05) is 37.0 Å². The zero-order valence-electron chi connectivity index (χ0n) is 13.0. The quantitative estimate of drug-likeness (QED) is 0.312. The van der Waals surface area contributed by atoms with Crippen LogP contribution in [-0.2, 0) is 15.5 Å². The molecular weight excluding hydrogens is 318 g/mol. The number of nitrogens with zero attached hydrogens (tertiary/aromatic N) is 3. The number of unbranched alkanes of at least 4 members (excludes halogenated alkanes) is 1. The number of nitrogens with one attached hydrogen (secondary N) is 2. The molecule has 1 rings (SSSR count). The summed E-state index contributed by atoms with van der Waals surface area (Å²) in [7, 11) is 0. The monoisotopic (exact) mass is 337 g/mol. The van der Waals surface area contributed by atoms with Crippen LogP contribution in [0.25, 0.3) is 10.4 Å². The van der Waals surface area contributed by atoms with Gasteiger partial charge in [-0.05, 0) is 29.6 Å². The van der Waals surface area contributed by atoms with E-state index in [1.807, 2.05) is 19.1 Å².